The van der Waals surface area contributed by atoms with Crippen LogP contribution in [0.5, 0.6) is 5.75 Å². The molecule has 1 N–H and O–H groups in total. The van der Waals surface area contributed by atoms with Crippen molar-refractivity contribution in [3.05, 3.63) is 54.1 Å². The molecule has 10 nitrogen and oxygen atoms in total. The lowest BCUT2D eigenvalue weighted by atomic mass is 10.0. The lowest BCUT2D eigenvalue weighted by Crippen LogP contribution is -2.53. The summed E-state index contributed by atoms with van der Waals surface area (Å²) in [5.74, 6) is 0.459. The second kappa shape index (κ2) is 9.15. The van der Waals surface area contributed by atoms with Crippen LogP contribution in [0.15, 0.2) is 48.5 Å². The molecule has 2 unspecified atom stereocenters. The fourth-order valence-electron chi connectivity index (χ4n) is 3.26. The molecular formula is C20H21N3O7S2. The molecule has 0 radical (unpaired) electrons. The first-order valence-corrected chi connectivity index (χ1v) is 13.1. The average molecular weight is 480 g/mol. The van der Waals surface area contributed by atoms with Gasteiger partial charge in [-0.1, -0.05) is 30.3 Å². The molecule has 3 rings (SSSR count). The molecule has 1 aliphatic rings. The van der Waals surface area contributed by atoms with E-state index >= 15 is 0 Å². The standard InChI is InChI=1S/C20H21N3O7S2/c1-31(25,26)23(32(2,27)28)20(24)22-18-12-29-13-19(18)30-16-9-7-14(8-10-16)17-6-4-3-5-15(17)11-21/h3-10,18-19H,12-13H2,1-2H3,(H,22,24). The molecule has 0 spiro atoms. The van der Waals surface area contributed by atoms with E-state index in [2.05, 4.69) is 11.4 Å². The van der Waals surface area contributed by atoms with Crippen molar-refractivity contribution in [2.45, 2.75) is 12.1 Å². The summed E-state index contributed by atoms with van der Waals surface area (Å²) in [6.45, 7) is 0.132. The molecule has 32 heavy (non-hydrogen) atoms. The molecule has 0 bridgehead atoms. The van der Waals surface area contributed by atoms with Crippen LogP contribution >= 0.6 is 0 Å². The van der Waals surface area contributed by atoms with Crippen molar-refractivity contribution < 1.29 is 31.1 Å². The van der Waals surface area contributed by atoms with Gasteiger partial charge in [-0.05, 0) is 29.3 Å². The van der Waals surface area contributed by atoms with Gasteiger partial charge in [0.1, 0.15) is 11.9 Å². The Balaban J connectivity index is 1.73. The minimum atomic E-state index is -4.35. The summed E-state index contributed by atoms with van der Waals surface area (Å²) in [6, 6.07) is 14.2. The number of nitriles is 1. The van der Waals surface area contributed by atoms with Crippen molar-refractivity contribution in [1.82, 2.24) is 9.03 Å². The van der Waals surface area contributed by atoms with Gasteiger partial charge in [0.25, 0.3) is 0 Å². The monoisotopic (exact) mass is 479 g/mol. The quantitative estimate of drug-likeness (QED) is 0.653. The molecule has 12 heteroatoms. The van der Waals surface area contributed by atoms with Gasteiger partial charge < -0.3 is 14.8 Å². The lowest BCUT2D eigenvalue weighted by Gasteiger charge is -2.24. The van der Waals surface area contributed by atoms with Gasteiger partial charge in [0.15, 0.2) is 0 Å². The van der Waals surface area contributed by atoms with Crippen LogP contribution in [0.2, 0.25) is 0 Å². The van der Waals surface area contributed by atoms with Crippen LogP contribution in [0.3, 0.4) is 0 Å². The third-order valence-corrected chi connectivity index (χ3v) is 7.77. The van der Waals surface area contributed by atoms with Crippen molar-refractivity contribution in [2.75, 3.05) is 25.7 Å². The normalized spacial score (nSPS) is 18.5. The SMILES string of the molecule is CS(=O)(=O)N(C(=O)NC1COCC1Oc1ccc(-c2ccccc2C#N)cc1)S(C)(=O)=O. The number of sulfonamides is 2. The number of benzene rings is 2. The average Bonchev–Trinajstić information content (AvgIpc) is 3.12. The van der Waals surface area contributed by atoms with Gasteiger partial charge in [0.2, 0.25) is 20.0 Å². The fourth-order valence-corrected chi connectivity index (χ4v) is 5.94. The number of urea groups is 1. The Morgan fingerprint density at radius 2 is 1.69 bits per heavy atom. The molecule has 0 aromatic heterocycles. The van der Waals surface area contributed by atoms with Gasteiger partial charge in [-0.15, -0.1) is 3.71 Å². The third-order valence-electron chi connectivity index (χ3n) is 4.61. The van der Waals surface area contributed by atoms with E-state index in [0.29, 0.717) is 23.8 Å². The Hall–Kier alpha value is -3.14. The minimum absolute atomic E-state index is 0.0192. The van der Waals surface area contributed by atoms with E-state index in [1.54, 1.807) is 36.4 Å². The zero-order chi connectivity index (χ0) is 23.5. The van der Waals surface area contributed by atoms with Crippen molar-refractivity contribution in [1.29, 1.82) is 5.26 Å². The molecule has 0 saturated carbocycles. The number of hydrogen-bond donors (Lipinski definition) is 1. The molecule has 1 saturated heterocycles. The van der Waals surface area contributed by atoms with Crippen LogP contribution < -0.4 is 10.1 Å². The van der Waals surface area contributed by atoms with Crippen molar-refractivity contribution in [3.8, 4) is 22.9 Å². The molecule has 2 aromatic rings. The van der Waals surface area contributed by atoms with Crippen molar-refractivity contribution in [2.24, 2.45) is 0 Å². The highest BCUT2D eigenvalue weighted by Crippen LogP contribution is 2.26. The highest BCUT2D eigenvalue weighted by molar-refractivity contribution is 8.04. The first-order valence-electron chi connectivity index (χ1n) is 9.35. The highest BCUT2D eigenvalue weighted by Gasteiger charge is 2.38. The molecule has 2 aromatic carbocycles. The van der Waals surface area contributed by atoms with Gasteiger partial charge in [-0.25, -0.2) is 21.6 Å². The number of carbonyl (C=O) groups excluding carboxylic acids is 1. The van der Waals surface area contributed by atoms with Crippen LogP contribution in [0.1, 0.15) is 5.56 Å². The predicted octanol–water partition coefficient (Wildman–Crippen LogP) is 1.30. The summed E-state index contributed by atoms with van der Waals surface area (Å²) in [5, 5.41) is 11.6. The number of hydrogen-bond acceptors (Lipinski definition) is 8. The second-order valence-corrected chi connectivity index (χ2v) is 11.0. The smallest absolute Gasteiger partial charge is 0.345 e. The molecule has 1 fully saturated rings. The molecule has 1 aliphatic heterocycles. The number of nitrogens with zero attached hydrogens (tertiary/aromatic N) is 2. The maximum absolute atomic E-state index is 12.4. The third kappa shape index (κ3) is 5.37. The first-order chi connectivity index (χ1) is 15.0. The van der Waals surface area contributed by atoms with Crippen molar-refractivity contribution >= 4 is 26.1 Å². The number of amides is 2. The molecular weight excluding hydrogens is 458 g/mol. The Labute approximate surface area is 186 Å². The Kier molecular flexibility index (Phi) is 6.73. The van der Waals surface area contributed by atoms with E-state index in [4.69, 9.17) is 9.47 Å². The minimum Gasteiger partial charge on any atom is -0.486 e. The van der Waals surface area contributed by atoms with Crippen LogP contribution in [0.4, 0.5) is 4.79 Å². The van der Waals surface area contributed by atoms with Crippen LogP contribution in [0.25, 0.3) is 11.1 Å². The largest absolute Gasteiger partial charge is 0.486 e. The summed E-state index contributed by atoms with van der Waals surface area (Å²) in [7, 11) is -8.70. The molecule has 2 atom stereocenters. The van der Waals surface area contributed by atoms with E-state index in [-0.39, 0.29) is 16.9 Å². The summed E-state index contributed by atoms with van der Waals surface area (Å²) >= 11 is 0. The van der Waals surface area contributed by atoms with E-state index in [1.807, 2.05) is 12.1 Å². The summed E-state index contributed by atoms with van der Waals surface area (Å²) in [6.07, 6.45) is 0.578. The number of carbonyl (C=O) groups is 1. The predicted molar refractivity (Wildman–Crippen MR) is 116 cm³/mol. The van der Waals surface area contributed by atoms with E-state index < -0.39 is 38.2 Å². The number of nitrogens with one attached hydrogen (secondary N) is 1. The van der Waals surface area contributed by atoms with E-state index in [1.165, 1.54) is 0 Å². The Morgan fingerprint density at radius 3 is 2.28 bits per heavy atom. The maximum Gasteiger partial charge on any atom is 0.345 e. The number of rotatable bonds is 6. The van der Waals surface area contributed by atoms with Gasteiger partial charge in [-0.3, -0.25) is 0 Å². The van der Waals surface area contributed by atoms with E-state index in [0.717, 1.165) is 11.1 Å². The molecule has 1 heterocycles. The Bertz CT molecular complexity index is 1220. The molecule has 170 valence electrons. The lowest BCUT2D eigenvalue weighted by molar-refractivity contribution is 0.139. The molecule has 2 amide bonds. The second-order valence-electron chi connectivity index (χ2n) is 7.15. The van der Waals surface area contributed by atoms with Crippen LogP contribution in [-0.2, 0) is 24.8 Å². The van der Waals surface area contributed by atoms with Crippen LogP contribution in [0, 0.1) is 11.3 Å². The van der Waals surface area contributed by atoms with E-state index in [9.17, 15) is 26.9 Å². The zero-order valence-corrected chi connectivity index (χ0v) is 18.9. The molecule has 0 aliphatic carbocycles. The van der Waals surface area contributed by atoms with Gasteiger partial charge in [0, 0.05) is 0 Å². The summed E-state index contributed by atoms with van der Waals surface area (Å²) in [4.78, 5) is 12.4. The highest BCUT2D eigenvalue weighted by atomic mass is 32.3. The fraction of sp³-hybridized carbons (Fsp3) is 0.300. The first kappa shape index (κ1) is 23.5. The maximum atomic E-state index is 12.4. The van der Waals surface area contributed by atoms with Gasteiger partial charge >= 0.3 is 6.03 Å². The topological polar surface area (TPSA) is 143 Å². The van der Waals surface area contributed by atoms with Crippen LogP contribution in [-0.4, -0.2) is 64.4 Å². The zero-order valence-electron chi connectivity index (χ0n) is 17.3. The summed E-state index contributed by atoms with van der Waals surface area (Å²) < 4.78 is 58.0. The van der Waals surface area contributed by atoms with Gasteiger partial charge in [0.05, 0.1) is 43.4 Å². The van der Waals surface area contributed by atoms with Crippen molar-refractivity contribution in [3.63, 3.8) is 0 Å². The Morgan fingerprint density at radius 1 is 1.06 bits per heavy atom. The van der Waals surface area contributed by atoms with Gasteiger partial charge in [-0.2, -0.15) is 5.26 Å². The number of ether oxygens (including phenoxy) is 2. The summed E-state index contributed by atoms with van der Waals surface area (Å²) in [5.41, 5.74) is 2.13.